The number of hydrogen-bond donors (Lipinski definition) is 0. The van der Waals surface area contributed by atoms with Crippen LogP contribution in [0.25, 0.3) is 12.2 Å². The molecule has 128 valence electrons. The molecule has 0 radical (unpaired) electrons. The summed E-state index contributed by atoms with van der Waals surface area (Å²) in [6, 6.07) is 13.2. The molecule has 0 unspecified atom stereocenters. The highest BCUT2D eigenvalue weighted by Crippen LogP contribution is 2.21. The van der Waals surface area contributed by atoms with Crippen LogP contribution in [0.15, 0.2) is 46.9 Å². The van der Waals surface area contributed by atoms with Crippen LogP contribution in [0.3, 0.4) is 0 Å². The highest BCUT2D eigenvalue weighted by Gasteiger charge is 2.09. The Bertz CT molecular complexity index is 896. The van der Waals surface area contributed by atoms with E-state index in [4.69, 9.17) is 4.42 Å². The SMILES string of the molecule is Cc1ccc(F)c(Cc2nnc(C=Cc3ccccc3C(C)C)o2)c1. The molecule has 0 amide bonds. The summed E-state index contributed by atoms with van der Waals surface area (Å²) in [4.78, 5) is 0. The van der Waals surface area contributed by atoms with Crippen LogP contribution in [0, 0.1) is 12.7 Å². The van der Waals surface area contributed by atoms with E-state index in [0.29, 0.717) is 23.3 Å². The van der Waals surface area contributed by atoms with E-state index in [9.17, 15) is 4.39 Å². The normalized spacial score (nSPS) is 11.6. The van der Waals surface area contributed by atoms with E-state index in [0.717, 1.165) is 11.1 Å². The molecule has 0 atom stereocenters. The Morgan fingerprint density at radius 2 is 1.88 bits per heavy atom. The molecule has 0 saturated heterocycles. The van der Waals surface area contributed by atoms with E-state index in [-0.39, 0.29) is 12.2 Å². The molecule has 0 N–H and O–H groups in total. The monoisotopic (exact) mass is 336 g/mol. The third kappa shape index (κ3) is 4.21. The van der Waals surface area contributed by atoms with Crippen molar-refractivity contribution in [3.63, 3.8) is 0 Å². The number of aryl methyl sites for hydroxylation is 1. The number of halogens is 1. The minimum atomic E-state index is -0.258. The van der Waals surface area contributed by atoms with Crippen LogP contribution >= 0.6 is 0 Å². The Kier molecular flexibility index (Phi) is 5.08. The van der Waals surface area contributed by atoms with Crippen LogP contribution < -0.4 is 0 Å². The maximum absolute atomic E-state index is 13.8. The van der Waals surface area contributed by atoms with Crippen molar-refractivity contribution >= 4 is 12.2 Å². The van der Waals surface area contributed by atoms with Crippen LogP contribution in [0.4, 0.5) is 4.39 Å². The average molecular weight is 336 g/mol. The molecular formula is C21H21FN2O. The first kappa shape index (κ1) is 17.1. The molecule has 1 aromatic heterocycles. The fraction of sp³-hybridized carbons (Fsp3) is 0.238. The second kappa shape index (κ2) is 7.43. The predicted octanol–water partition coefficient (Wildman–Crippen LogP) is 5.40. The highest BCUT2D eigenvalue weighted by molar-refractivity contribution is 5.68. The summed E-state index contributed by atoms with van der Waals surface area (Å²) < 4.78 is 19.5. The van der Waals surface area contributed by atoms with Gasteiger partial charge >= 0.3 is 0 Å². The van der Waals surface area contributed by atoms with Gasteiger partial charge in [-0.1, -0.05) is 55.8 Å². The van der Waals surface area contributed by atoms with E-state index in [1.165, 1.54) is 11.6 Å². The van der Waals surface area contributed by atoms with E-state index in [1.54, 1.807) is 18.2 Å². The molecule has 3 rings (SSSR count). The molecule has 25 heavy (non-hydrogen) atoms. The highest BCUT2D eigenvalue weighted by atomic mass is 19.1. The molecule has 3 nitrogen and oxygen atoms in total. The molecule has 0 aliphatic rings. The summed E-state index contributed by atoms with van der Waals surface area (Å²) >= 11 is 0. The van der Waals surface area contributed by atoms with Crippen molar-refractivity contribution < 1.29 is 8.81 Å². The predicted molar refractivity (Wildman–Crippen MR) is 97.7 cm³/mol. The van der Waals surface area contributed by atoms with Crippen molar-refractivity contribution in [2.24, 2.45) is 0 Å². The first-order chi connectivity index (χ1) is 12.0. The Labute approximate surface area is 147 Å². The topological polar surface area (TPSA) is 38.9 Å². The van der Waals surface area contributed by atoms with Crippen LogP contribution in [-0.2, 0) is 6.42 Å². The van der Waals surface area contributed by atoms with E-state index < -0.39 is 0 Å². The Balaban J connectivity index is 1.77. The van der Waals surface area contributed by atoms with Gasteiger partial charge in [-0.15, -0.1) is 10.2 Å². The second-order valence-corrected chi connectivity index (χ2v) is 6.42. The maximum Gasteiger partial charge on any atom is 0.240 e. The van der Waals surface area contributed by atoms with Gasteiger partial charge in [0.1, 0.15) is 5.82 Å². The van der Waals surface area contributed by atoms with Crippen molar-refractivity contribution in [3.8, 4) is 0 Å². The van der Waals surface area contributed by atoms with Gasteiger partial charge in [0.05, 0.1) is 6.42 Å². The lowest BCUT2D eigenvalue weighted by Crippen LogP contribution is -1.93. The van der Waals surface area contributed by atoms with Gasteiger partial charge < -0.3 is 4.42 Å². The van der Waals surface area contributed by atoms with Gasteiger partial charge in [-0.2, -0.15) is 0 Å². The molecule has 3 aromatic rings. The summed E-state index contributed by atoms with van der Waals surface area (Å²) in [5, 5.41) is 8.05. The third-order valence-electron chi connectivity index (χ3n) is 4.05. The number of benzene rings is 2. The Hall–Kier alpha value is -2.75. The first-order valence-corrected chi connectivity index (χ1v) is 8.37. The lowest BCUT2D eigenvalue weighted by atomic mass is 9.97. The average Bonchev–Trinajstić information content (AvgIpc) is 3.04. The largest absolute Gasteiger partial charge is 0.421 e. The number of aromatic nitrogens is 2. The minimum Gasteiger partial charge on any atom is -0.421 e. The summed E-state index contributed by atoms with van der Waals surface area (Å²) in [6.07, 6.45) is 4.06. The number of nitrogens with zero attached hydrogens (tertiary/aromatic N) is 2. The van der Waals surface area contributed by atoms with Gasteiger partial charge in [0.2, 0.25) is 11.8 Å². The fourth-order valence-electron chi connectivity index (χ4n) is 2.76. The molecule has 0 aliphatic carbocycles. The lowest BCUT2D eigenvalue weighted by molar-refractivity contribution is 0.491. The molecule has 0 bridgehead atoms. The third-order valence-corrected chi connectivity index (χ3v) is 4.05. The van der Waals surface area contributed by atoms with Crippen molar-refractivity contribution in [2.45, 2.75) is 33.1 Å². The van der Waals surface area contributed by atoms with Gasteiger partial charge in [0.15, 0.2) is 0 Å². The fourth-order valence-corrected chi connectivity index (χ4v) is 2.76. The molecule has 0 spiro atoms. The van der Waals surface area contributed by atoms with Crippen molar-refractivity contribution in [1.29, 1.82) is 0 Å². The zero-order valence-electron chi connectivity index (χ0n) is 14.7. The summed E-state index contributed by atoms with van der Waals surface area (Å²) in [5.41, 5.74) is 3.95. The van der Waals surface area contributed by atoms with Crippen LogP contribution in [0.2, 0.25) is 0 Å². The molecular weight excluding hydrogens is 315 g/mol. The summed E-state index contributed by atoms with van der Waals surface area (Å²) in [7, 11) is 0. The number of hydrogen-bond acceptors (Lipinski definition) is 3. The van der Waals surface area contributed by atoms with Crippen LogP contribution in [0.5, 0.6) is 0 Å². The Morgan fingerprint density at radius 3 is 2.68 bits per heavy atom. The van der Waals surface area contributed by atoms with Crippen molar-refractivity contribution in [3.05, 3.63) is 82.3 Å². The molecule has 2 aromatic carbocycles. The molecule has 0 saturated carbocycles. The summed E-state index contributed by atoms with van der Waals surface area (Å²) in [6.45, 7) is 6.25. The van der Waals surface area contributed by atoms with Crippen LogP contribution in [-0.4, -0.2) is 10.2 Å². The second-order valence-electron chi connectivity index (χ2n) is 6.42. The zero-order chi connectivity index (χ0) is 17.8. The van der Waals surface area contributed by atoms with Gasteiger partial charge in [-0.05, 0) is 41.7 Å². The maximum atomic E-state index is 13.8. The standard InChI is InChI=1S/C21H21FN2O/c1-14(2)18-7-5-4-6-16(18)9-11-20-23-24-21(25-20)13-17-12-15(3)8-10-19(17)22/h4-12,14H,13H2,1-3H3. The van der Waals surface area contributed by atoms with E-state index >= 15 is 0 Å². The van der Waals surface area contributed by atoms with E-state index in [1.807, 2.05) is 25.1 Å². The first-order valence-electron chi connectivity index (χ1n) is 8.37. The van der Waals surface area contributed by atoms with Gasteiger partial charge in [-0.25, -0.2) is 4.39 Å². The van der Waals surface area contributed by atoms with Crippen molar-refractivity contribution in [1.82, 2.24) is 10.2 Å². The Morgan fingerprint density at radius 1 is 1.08 bits per heavy atom. The molecule has 1 heterocycles. The van der Waals surface area contributed by atoms with Gasteiger partial charge in [0, 0.05) is 6.08 Å². The number of rotatable bonds is 5. The minimum absolute atomic E-state index is 0.258. The zero-order valence-corrected chi connectivity index (χ0v) is 14.7. The van der Waals surface area contributed by atoms with Crippen molar-refractivity contribution in [2.75, 3.05) is 0 Å². The summed E-state index contributed by atoms with van der Waals surface area (Å²) in [5.74, 6) is 0.998. The van der Waals surface area contributed by atoms with Gasteiger partial charge in [0.25, 0.3) is 0 Å². The van der Waals surface area contributed by atoms with Gasteiger partial charge in [-0.3, -0.25) is 0 Å². The van der Waals surface area contributed by atoms with E-state index in [2.05, 4.69) is 36.2 Å². The lowest BCUT2D eigenvalue weighted by Gasteiger charge is -2.08. The quantitative estimate of drug-likeness (QED) is 0.626. The van der Waals surface area contributed by atoms with Crippen LogP contribution in [0.1, 0.15) is 53.8 Å². The molecule has 4 heteroatoms. The molecule has 0 fully saturated rings. The molecule has 0 aliphatic heterocycles. The smallest absolute Gasteiger partial charge is 0.240 e.